The normalized spacial score (nSPS) is 12.4. The van der Waals surface area contributed by atoms with Crippen molar-refractivity contribution < 1.29 is 0 Å². The average Bonchev–Trinajstić information content (AvgIpc) is 3.25. The van der Waals surface area contributed by atoms with E-state index >= 15 is 0 Å². The molecule has 4 rings (SSSR count). The Hall–Kier alpha value is -2.80. The van der Waals surface area contributed by atoms with E-state index in [1.54, 1.807) is 24.0 Å². The van der Waals surface area contributed by atoms with Crippen molar-refractivity contribution in [1.29, 1.82) is 0 Å². The first kappa shape index (κ1) is 15.7. The molecular formula is C18H18N6S. The molecule has 0 radical (unpaired) electrons. The minimum atomic E-state index is 0.155. The average molecular weight is 350 g/mol. The first-order chi connectivity index (χ1) is 12.2. The van der Waals surface area contributed by atoms with Gasteiger partial charge >= 0.3 is 0 Å². The maximum atomic E-state index is 4.67. The summed E-state index contributed by atoms with van der Waals surface area (Å²) in [5, 5.41) is 10.9. The molecule has 25 heavy (non-hydrogen) atoms. The molecule has 0 aliphatic carbocycles. The molecule has 1 N–H and O–H groups in total. The molecule has 1 aromatic carbocycles. The molecule has 126 valence electrons. The van der Waals surface area contributed by atoms with Gasteiger partial charge in [0.2, 0.25) is 0 Å². The van der Waals surface area contributed by atoms with E-state index in [0.29, 0.717) is 0 Å². The van der Waals surface area contributed by atoms with Crippen molar-refractivity contribution in [2.24, 2.45) is 0 Å². The summed E-state index contributed by atoms with van der Waals surface area (Å²) < 4.78 is 1.81. The van der Waals surface area contributed by atoms with Crippen molar-refractivity contribution in [2.75, 3.05) is 5.32 Å². The monoisotopic (exact) mass is 350 g/mol. The van der Waals surface area contributed by atoms with E-state index in [4.69, 9.17) is 0 Å². The summed E-state index contributed by atoms with van der Waals surface area (Å²) in [6, 6.07) is 10.5. The van der Waals surface area contributed by atoms with Gasteiger partial charge < -0.3 is 5.32 Å². The highest BCUT2D eigenvalue weighted by Gasteiger charge is 2.16. The number of nitrogens with zero attached hydrogens (tertiary/aromatic N) is 5. The summed E-state index contributed by atoms with van der Waals surface area (Å²) in [4.78, 5) is 14.3. The van der Waals surface area contributed by atoms with Crippen LogP contribution in [-0.2, 0) is 6.54 Å². The minimum Gasteiger partial charge on any atom is -0.365 e. The molecule has 0 fully saturated rings. The third kappa shape index (κ3) is 3.23. The maximum Gasteiger partial charge on any atom is 0.139 e. The van der Waals surface area contributed by atoms with Crippen molar-refractivity contribution in [2.45, 2.75) is 26.4 Å². The summed E-state index contributed by atoms with van der Waals surface area (Å²) in [5.74, 6) is 1.64. The number of aromatic nitrogens is 5. The van der Waals surface area contributed by atoms with Gasteiger partial charge in [-0.25, -0.2) is 15.0 Å². The van der Waals surface area contributed by atoms with E-state index in [9.17, 15) is 0 Å². The third-order valence-electron chi connectivity index (χ3n) is 3.94. The Morgan fingerprint density at radius 3 is 2.80 bits per heavy atom. The molecule has 3 aromatic heterocycles. The molecule has 6 nitrogen and oxygen atoms in total. The molecule has 7 heteroatoms. The smallest absolute Gasteiger partial charge is 0.139 e. The van der Waals surface area contributed by atoms with E-state index in [0.717, 1.165) is 34.0 Å². The lowest BCUT2D eigenvalue weighted by molar-refractivity contribution is 0.558. The van der Waals surface area contributed by atoms with Crippen molar-refractivity contribution in [3.63, 3.8) is 0 Å². The molecule has 0 amide bonds. The Kier molecular flexibility index (Phi) is 4.15. The lowest BCUT2D eigenvalue weighted by atomic mass is 10.1. The molecule has 0 aliphatic rings. The second-order valence-electron chi connectivity index (χ2n) is 5.98. The Labute approximate surface area is 149 Å². The Bertz CT molecular complexity index is 978. The lowest BCUT2D eigenvalue weighted by Gasteiger charge is -2.16. The molecule has 0 saturated carbocycles. The quantitative estimate of drug-likeness (QED) is 0.593. The first-order valence-electron chi connectivity index (χ1n) is 8.11. The molecule has 0 spiro atoms. The molecule has 0 saturated heterocycles. The highest BCUT2D eigenvalue weighted by molar-refractivity contribution is 7.17. The number of rotatable bonds is 5. The Balaban J connectivity index is 1.73. The maximum absolute atomic E-state index is 4.67. The SMILES string of the molecule is Cc1nc(NC(C)Cn2cncn2)c2c(-c3ccccc3)csc2n1. The summed E-state index contributed by atoms with van der Waals surface area (Å²) in [5.41, 5.74) is 2.34. The van der Waals surface area contributed by atoms with Gasteiger partial charge in [0.1, 0.15) is 29.1 Å². The fourth-order valence-corrected chi connectivity index (χ4v) is 3.86. The fourth-order valence-electron chi connectivity index (χ4n) is 2.87. The zero-order valence-corrected chi connectivity index (χ0v) is 14.9. The second-order valence-corrected chi connectivity index (χ2v) is 6.84. The number of fused-ring (bicyclic) bond motifs is 1. The molecule has 0 bridgehead atoms. The summed E-state index contributed by atoms with van der Waals surface area (Å²) >= 11 is 1.65. The van der Waals surface area contributed by atoms with Crippen molar-refractivity contribution in [1.82, 2.24) is 24.7 Å². The van der Waals surface area contributed by atoms with Crippen LogP contribution in [0.15, 0.2) is 48.4 Å². The third-order valence-corrected chi connectivity index (χ3v) is 4.81. The van der Waals surface area contributed by atoms with Crippen LogP contribution in [0, 0.1) is 6.92 Å². The molecule has 4 aromatic rings. The summed E-state index contributed by atoms with van der Waals surface area (Å²) in [7, 11) is 0. The van der Waals surface area contributed by atoms with E-state index in [1.165, 1.54) is 5.56 Å². The van der Waals surface area contributed by atoms with E-state index < -0.39 is 0 Å². The number of anilines is 1. The highest BCUT2D eigenvalue weighted by Crippen LogP contribution is 2.37. The molecule has 1 atom stereocenters. The van der Waals surface area contributed by atoms with Crippen LogP contribution in [0.1, 0.15) is 12.7 Å². The van der Waals surface area contributed by atoms with Gasteiger partial charge in [0, 0.05) is 17.0 Å². The van der Waals surface area contributed by atoms with Crippen LogP contribution in [0.2, 0.25) is 0 Å². The van der Waals surface area contributed by atoms with Crippen LogP contribution in [0.5, 0.6) is 0 Å². The van der Waals surface area contributed by atoms with Gasteiger partial charge in [-0.1, -0.05) is 30.3 Å². The van der Waals surface area contributed by atoms with Crippen LogP contribution < -0.4 is 5.32 Å². The van der Waals surface area contributed by atoms with Crippen LogP contribution in [0.3, 0.4) is 0 Å². The van der Waals surface area contributed by atoms with Crippen molar-refractivity contribution in [3.8, 4) is 11.1 Å². The van der Waals surface area contributed by atoms with Gasteiger partial charge in [0.25, 0.3) is 0 Å². The van der Waals surface area contributed by atoms with E-state index in [2.05, 4.69) is 49.8 Å². The number of thiophene rings is 1. The van der Waals surface area contributed by atoms with Gasteiger partial charge in [0.05, 0.1) is 11.9 Å². The highest BCUT2D eigenvalue weighted by atomic mass is 32.1. The summed E-state index contributed by atoms with van der Waals surface area (Å²) in [6.07, 6.45) is 3.27. The predicted molar refractivity (Wildman–Crippen MR) is 101 cm³/mol. The first-order valence-corrected chi connectivity index (χ1v) is 8.99. The number of aryl methyl sites for hydroxylation is 1. The minimum absolute atomic E-state index is 0.155. The molecule has 1 unspecified atom stereocenters. The predicted octanol–water partition coefficient (Wildman–Crippen LogP) is 3.76. The fraction of sp³-hybridized carbons (Fsp3) is 0.222. The van der Waals surface area contributed by atoms with Crippen LogP contribution in [0.4, 0.5) is 5.82 Å². The van der Waals surface area contributed by atoms with Crippen molar-refractivity contribution in [3.05, 3.63) is 54.2 Å². The van der Waals surface area contributed by atoms with Crippen LogP contribution in [-0.4, -0.2) is 30.8 Å². The lowest BCUT2D eigenvalue weighted by Crippen LogP contribution is -2.23. The number of hydrogen-bond acceptors (Lipinski definition) is 6. The Morgan fingerprint density at radius 1 is 1.20 bits per heavy atom. The zero-order chi connectivity index (χ0) is 17.2. The Morgan fingerprint density at radius 2 is 2.04 bits per heavy atom. The number of nitrogens with one attached hydrogen (secondary N) is 1. The van der Waals surface area contributed by atoms with Gasteiger partial charge in [-0.3, -0.25) is 4.68 Å². The van der Waals surface area contributed by atoms with Gasteiger partial charge in [0.15, 0.2) is 0 Å². The van der Waals surface area contributed by atoms with Gasteiger partial charge in [-0.15, -0.1) is 11.3 Å². The van der Waals surface area contributed by atoms with Gasteiger partial charge in [-0.2, -0.15) is 5.10 Å². The van der Waals surface area contributed by atoms with Gasteiger partial charge in [-0.05, 0) is 19.4 Å². The number of benzene rings is 1. The topological polar surface area (TPSA) is 68.5 Å². The summed E-state index contributed by atoms with van der Waals surface area (Å²) in [6.45, 7) is 4.75. The van der Waals surface area contributed by atoms with E-state index in [1.807, 2.05) is 29.8 Å². The molecule has 3 heterocycles. The standard InChI is InChI=1S/C18H18N6S/c1-12(8-24-11-19-10-20-24)21-17-16-15(14-6-4-3-5-7-14)9-25-18(16)23-13(2)22-17/h3-7,9-12H,8H2,1-2H3,(H,21,22,23). The van der Waals surface area contributed by atoms with E-state index in [-0.39, 0.29) is 6.04 Å². The number of hydrogen-bond donors (Lipinski definition) is 1. The molecular weight excluding hydrogens is 332 g/mol. The largest absolute Gasteiger partial charge is 0.365 e. The van der Waals surface area contributed by atoms with Crippen LogP contribution >= 0.6 is 11.3 Å². The van der Waals surface area contributed by atoms with Crippen LogP contribution in [0.25, 0.3) is 21.3 Å². The van der Waals surface area contributed by atoms with Crippen molar-refractivity contribution >= 4 is 27.4 Å². The second kappa shape index (κ2) is 6.60. The molecule has 0 aliphatic heterocycles. The zero-order valence-electron chi connectivity index (χ0n) is 14.0.